The van der Waals surface area contributed by atoms with Crippen molar-refractivity contribution >= 4 is 0 Å². The summed E-state index contributed by atoms with van der Waals surface area (Å²) in [5.41, 5.74) is 0.941. The second-order valence-electron chi connectivity index (χ2n) is 3.92. The highest BCUT2D eigenvalue weighted by Crippen LogP contribution is 2.21. The summed E-state index contributed by atoms with van der Waals surface area (Å²) < 4.78 is 37.5. The number of alkyl halides is 3. The standard InChI is InChI=1S/C11H18F3N3/c1-3-10(15-4-2)9-7-16-17(8-9)6-5-11(12,13)14/h7-8,10,15H,3-6H2,1-2H3. The third-order valence-corrected chi connectivity index (χ3v) is 2.54. The summed E-state index contributed by atoms with van der Waals surface area (Å²) in [6, 6.07) is 0.166. The number of aryl methyl sites for hydroxylation is 1. The van der Waals surface area contributed by atoms with Gasteiger partial charge in [-0.15, -0.1) is 0 Å². The van der Waals surface area contributed by atoms with E-state index in [1.165, 1.54) is 4.68 Å². The molecule has 6 heteroatoms. The molecule has 0 bridgehead atoms. The molecule has 1 heterocycles. The Balaban J connectivity index is 2.58. The normalized spacial score (nSPS) is 13.9. The van der Waals surface area contributed by atoms with Gasteiger partial charge in [-0.25, -0.2) is 0 Å². The molecule has 1 aromatic rings. The van der Waals surface area contributed by atoms with E-state index in [2.05, 4.69) is 10.4 Å². The first kappa shape index (κ1) is 14.0. The van der Waals surface area contributed by atoms with Crippen LogP contribution in [0.15, 0.2) is 12.4 Å². The van der Waals surface area contributed by atoms with Gasteiger partial charge in [0.05, 0.1) is 12.6 Å². The zero-order valence-electron chi connectivity index (χ0n) is 10.1. The summed E-state index contributed by atoms with van der Waals surface area (Å²) in [7, 11) is 0. The topological polar surface area (TPSA) is 29.9 Å². The van der Waals surface area contributed by atoms with E-state index >= 15 is 0 Å². The predicted molar refractivity (Wildman–Crippen MR) is 59.6 cm³/mol. The van der Waals surface area contributed by atoms with Crippen molar-refractivity contribution in [2.75, 3.05) is 6.54 Å². The van der Waals surface area contributed by atoms with Crippen LogP contribution < -0.4 is 5.32 Å². The smallest absolute Gasteiger partial charge is 0.310 e. The predicted octanol–water partition coefficient (Wildman–Crippen LogP) is 2.90. The van der Waals surface area contributed by atoms with Crippen LogP contribution >= 0.6 is 0 Å². The fourth-order valence-electron chi connectivity index (χ4n) is 1.67. The summed E-state index contributed by atoms with van der Waals surface area (Å²) in [5.74, 6) is 0. The van der Waals surface area contributed by atoms with E-state index in [9.17, 15) is 13.2 Å². The number of aromatic nitrogens is 2. The second kappa shape index (κ2) is 6.05. The van der Waals surface area contributed by atoms with Gasteiger partial charge in [0.15, 0.2) is 0 Å². The lowest BCUT2D eigenvalue weighted by Gasteiger charge is -2.13. The maximum atomic E-state index is 12.0. The first-order chi connectivity index (χ1) is 7.96. The van der Waals surface area contributed by atoms with Crippen molar-refractivity contribution in [3.05, 3.63) is 18.0 Å². The van der Waals surface area contributed by atoms with Gasteiger partial charge in [0.2, 0.25) is 0 Å². The Morgan fingerprint density at radius 3 is 2.65 bits per heavy atom. The Bertz CT molecular complexity index is 333. The number of hydrogen-bond donors (Lipinski definition) is 1. The van der Waals surface area contributed by atoms with Crippen LogP contribution in [0.1, 0.15) is 38.3 Å². The molecule has 1 N–H and O–H groups in total. The first-order valence-corrected chi connectivity index (χ1v) is 5.78. The van der Waals surface area contributed by atoms with E-state index in [0.29, 0.717) is 0 Å². The second-order valence-corrected chi connectivity index (χ2v) is 3.92. The summed E-state index contributed by atoms with van der Waals surface area (Å²) >= 11 is 0. The van der Waals surface area contributed by atoms with Crippen LogP contribution in [-0.4, -0.2) is 22.5 Å². The molecule has 98 valence electrons. The Morgan fingerprint density at radius 2 is 2.12 bits per heavy atom. The summed E-state index contributed by atoms with van der Waals surface area (Å²) in [6.07, 6.45) is -0.765. The molecule has 0 aliphatic carbocycles. The van der Waals surface area contributed by atoms with Gasteiger partial charge in [-0.1, -0.05) is 13.8 Å². The minimum absolute atomic E-state index is 0.119. The van der Waals surface area contributed by atoms with Crippen molar-refractivity contribution in [2.24, 2.45) is 0 Å². The number of nitrogens with one attached hydrogen (secondary N) is 1. The van der Waals surface area contributed by atoms with Crippen LogP contribution in [0.3, 0.4) is 0 Å². The number of hydrogen-bond acceptors (Lipinski definition) is 2. The average Bonchev–Trinajstić information content (AvgIpc) is 2.70. The van der Waals surface area contributed by atoms with Crippen LogP contribution in [0.2, 0.25) is 0 Å². The maximum absolute atomic E-state index is 12.0. The molecule has 0 aliphatic rings. The Morgan fingerprint density at radius 1 is 1.41 bits per heavy atom. The molecule has 0 aromatic carbocycles. The molecule has 1 unspecified atom stereocenters. The highest BCUT2D eigenvalue weighted by atomic mass is 19.4. The van der Waals surface area contributed by atoms with E-state index in [1.807, 2.05) is 13.8 Å². The van der Waals surface area contributed by atoms with Gasteiger partial charge in [-0.2, -0.15) is 18.3 Å². The van der Waals surface area contributed by atoms with E-state index in [4.69, 9.17) is 0 Å². The highest BCUT2D eigenvalue weighted by molar-refractivity contribution is 5.10. The quantitative estimate of drug-likeness (QED) is 0.840. The minimum Gasteiger partial charge on any atom is -0.310 e. The van der Waals surface area contributed by atoms with Crippen LogP contribution in [0, 0.1) is 0 Å². The zero-order valence-corrected chi connectivity index (χ0v) is 10.1. The molecule has 17 heavy (non-hydrogen) atoms. The van der Waals surface area contributed by atoms with Crippen molar-refractivity contribution in [3.63, 3.8) is 0 Å². The lowest BCUT2D eigenvalue weighted by Crippen LogP contribution is -2.19. The van der Waals surface area contributed by atoms with Gasteiger partial charge in [0.25, 0.3) is 0 Å². The molecule has 0 saturated heterocycles. The van der Waals surface area contributed by atoms with Crippen molar-refractivity contribution in [1.29, 1.82) is 0 Å². The molecule has 1 aromatic heterocycles. The summed E-state index contributed by atoms with van der Waals surface area (Å²) in [4.78, 5) is 0. The molecule has 3 nitrogen and oxygen atoms in total. The molecule has 1 rings (SSSR count). The van der Waals surface area contributed by atoms with Crippen LogP contribution in [0.25, 0.3) is 0 Å². The van der Waals surface area contributed by atoms with Gasteiger partial charge in [-0.3, -0.25) is 4.68 Å². The molecular formula is C11H18F3N3. The molecule has 0 fully saturated rings. The molecule has 0 radical (unpaired) electrons. The lowest BCUT2D eigenvalue weighted by atomic mass is 10.1. The maximum Gasteiger partial charge on any atom is 0.390 e. The summed E-state index contributed by atoms with van der Waals surface area (Å²) in [5, 5.41) is 7.21. The van der Waals surface area contributed by atoms with Gasteiger partial charge in [0.1, 0.15) is 0 Å². The fourth-order valence-corrected chi connectivity index (χ4v) is 1.67. The number of nitrogens with zero attached hydrogens (tertiary/aromatic N) is 2. The van der Waals surface area contributed by atoms with Gasteiger partial charge in [-0.05, 0) is 13.0 Å². The Labute approximate surface area is 99.0 Å². The number of halogens is 3. The van der Waals surface area contributed by atoms with Crippen LogP contribution in [0.4, 0.5) is 13.2 Å². The zero-order chi connectivity index (χ0) is 12.9. The molecule has 0 aliphatic heterocycles. The third-order valence-electron chi connectivity index (χ3n) is 2.54. The largest absolute Gasteiger partial charge is 0.390 e. The minimum atomic E-state index is -4.13. The fraction of sp³-hybridized carbons (Fsp3) is 0.727. The van der Waals surface area contributed by atoms with Crippen LogP contribution in [0.5, 0.6) is 0 Å². The van der Waals surface area contributed by atoms with Crippen molar-refractivity contribution < 1.29 is 13.2 Å². The number of rotatable bonds is 6. The highest BCUT2D eigenvalue weighted by Gasteiger charge is 2.26. The van der Waals surface area contributed by atoms with E-state index in [0.717, 1.165) is 18.5 Å². The van der Waals surface area contributed by atoms with E-state index in [-0.39, 0.29) is 12.6 Å². The Kier molecular flexibility index (Phi) is 4.99. The van der Waals surface area contributed by atoms with Crippen LogP contribution in [-0.2, 0) is 6.54 Å². The monoisotopic (exact) mass is 249 g/mol. The van der Waals surface area contributed by atoms with Gasteiger partial charge < -0.3 is 5.32 Å². The lowest BCUT2D eigenvalue weighted by molar-refractivity contribution is -0.137. The molecule has 0 saturated carbocycles. The molecular weight excluding hydrogens is 231 g/mol. The third kappa shape index (κ3) is 4.77. The average molecular weight is 249 g/mol. The molecule has 0 amide bonds. The van der Waals surface area contributed by atoms with E-state index in [1.54, 1.807) is 12.4 Å². The van der Waals surface area contributed by atoms with Gasteiger partial charge in [0, 0.05) is 24.3 Å². The van der Waals surface area contributed by atoms with Crippen molar-refractivity contribution in [3.8, 4) is 0 Å². The first-order valence-electron chi connectivity index (χ1n) is 5.78. The van der Waals surface area contributed by atoms with Crippen molar-refractivity contribution in [1.82, 2.24) is 15.1 Å². The Hall–Kier alpha value is -1.04. The summed E-state index contributed by atoms with van der Waals surface area (Å²) in [6.45, 7) is 4.73. The van der Waals surface area contributed by atoms with Crippen molar-refractivity contribution in [2.45, 2.75) is 45.5 Å². The molecule has 0 spiro atoms. The SMILES string of the molecule is CCNC(CC)c1cnn(CCC(F)(F)F)c1. The van der Waals surface area contributed by atoms with E-state index < -0.39 is 12.6 Å². The molecule has 1 atom stereocenters. The van der Waals surface area contributed by atoms with Gasteiger partial charge >= 0.3 is 6.18 Å².